The fourth-order valence-electron chi connectivity index (χ4n) is 2.00. The van der Waals surface area contributed by atoms with Gasteiger partial charge in [-0.3, -0.25) is 4.79 Å². The van der Waals surface area contributed by atoms with Crippen LogP contribution in [0.3, 0.4) is 0 Å². The smallest absolute Gasteiger partial charge is 0.207 e. The molecule has 0 saturated carbocycles. The number of methoxy groups -OCH3 is 1. The second-order valence-corrected chi connectivity index (χ2v) is 5.21. The van der Waals surface area contributed by atoms with E-state index in [9.17, 15) is 9.90 Å². The van der Waals surface area contributed by atoms with Crippen molar-refractivity contribution in [2.24, 2.45) is 0 Å². The Labute approximate surface area is 141 Å². The summed E-state index contributed by atoms with van der Waals surface area (Å²) in [6.07, 6.45) is 6.43. The van der Waals surface area contributed by atoms with Crippen molar-refractivity contribution in [3.8, 4) is 17.2 Å². The van der Waals surface area contributed by atoms with Crippen molar-refractivity contribution in [3.63, 3.8) is 0 Å². The van der Waals surface area contributed by atoms with Crippen molar-refractivity contribution in [1.82, 2.24) is 4.98 Å². The zero-order chi connectivity index (χ0) is 17.4. The molecule has 0 fully saturated rings. The second-order valence-electron chi connectivity index (χ2n) is 5.21. The Balaban J connectivity index is 2.04. The molecular formula is C19H21NO4. The minimum Gasteiger partial charge on any atom is -0.505 e. The minimum atomic E-state index is -0.372. The molecule has 126 valence electrons. The van der Waals surface area contributed by atoms with E-state index < -0.39 is 0 Å². The van der Waals surface area contributed by atoms with Crippen LogP contribution in [0.1, 0.15) is 35.8 Å². The zero-order valence-corrected chi connectivity index (χ0v) is 13.9. The summed E-state index contributed by atoms with van der Waals surface area (Å²) >= 11 is 0. The molecule has 0 spiro atoms. The maximum atomic E-state index is 12.2. The summed E-state index contributed by atoms with van der Waals surface area (Å²) < 4.78 is 10.5. The Bertz CT molecular complexity index is 708. The predicted molar refractivity (Wildman–Crippen MR) is 92.7 cm³/mol. The summed E-state index contributed by atoms with van der Waals surface area (Å²) in [5, 5.41) is 9.97. The van der Waals surface area contributed by atoms with Gasteiger partial charge in [0.2, 0.25) is 5.78 Å². The lowest BCUT2D eigenvalue weighted by molar-refractivity contribution is 0.104. The first-order valence-electron chi connectivity index (χ1n) is 7.82. The van der Waals surface area contributed by atoms with E-state index in [4.69, 9.17) is 9.47 Å². The molecule has 0 aliphatic carbocycles. The summed E-state index contributed by atoms with van der Waals surface area (Å²) in [6, 6.07) is 8.70. The number of aromatic hydroxyl groups is 1. The van der Waals surface area contributed by atoms with Crippen LogP contribution in [-0.2, 0) is 0 Å². The van der Waals surface area contributed by atoms with Crippen LogP contribution in [0.5, 0.6) is 17.2 Å². The molecule has 1 aromatic heterocycles. The van der Waals surface area contributed by atoms with Crippen LogP contribution in [0, 0.1) is 0 Å². The predicted octanol–water partition coefficient (Wildman–Crippen LogP) is 3.87. The molecule has 1 heterocycles. The normalized spacial score (nSPS) is 10.8. The van der Waals surface area contributed by atoms with E-state index in [1.165, 1.54) is 18.3 Å². The van der Waals surface area contributed by atoms with Gasteiger partial charge in [-0.1, -0.05) is 31.6 Å². The van der Waals surface area contributed by atoms with Crippen LogP contribution < -0.4 is 9.47 Å². The lowest BCUT2D eigenvalue weighted by atomic mass is 10.1. The van der Waals surface area contributed by atoms with E-state index in [1.807, 2.05) is 24.3 Å². The Morgan fingerprint density at radius 1 is 1.25 bits per heavy atom. The molecule has 0 atom stereocenters. The molecule has 2 aromatic rings. The Morgan fingerprint density at radius 3 is 2.62 bits per heavy atom. The van der Waals surface area contributed by atoms with Gasteiger partial charge in [-0.05, 0) is 30.2 Å². The molecule has 0 bridgehead atoms. The van der Waals surface area contributed by atoms with Crippen LogP contribution in [-0.4, -0.2) is 29.6 Å². The fraction of sp³-hybridized carbons (Fsp3) is 0.263. The first-order valence-corrected chi connectivity index (χ1v) is 7.82. The number of aromatic nitrogens is 1. The number of allylic oxidation sites excluding steroid dienone is 1. The lowest BCUT2D eigenvalue weighted by Crippen LogP contribution is -2.01. The van der Waals surface area contributed by atoms with Gasteiger partial charge < -0.3 is 14.6 Å². The van der Waals surface area contributed by atoms with E-state index in [1.54, 1.807) is 13.2 Å². The molecule has 2 rings (SSSR count). The Hall–Kier alpha value is -2.82. The van der Waals surface area contributed by atoms with Crippen molar-refractivity contribution in [2.75, 3.05) is 13.7 Å². The number of unbranched alkanes of at least 4 members (excludes halogenated alkanes) is 1. The topological polar surface area (TPSA) is 68.7 Å². The molecule has 0 unspecified atom stereocenters. The standard InChI is InChI=1S/C19H21NO4/c1-3-4-11-24-16-12-18(22)19(20-13-16)17(21)10-7-14-5-8-15(23-2)9-6-14/h5-10,12-13,22H,3-4,11H2,1-2H3/b10-7+. The summed E-state index contributed by atoms with van der Waals surface area (Å²) in [5.41, 5.74) is 0.853. The maximum Gasteiger partial charge on any atom is 0.207 e. The summed E-state index contributed by atoms with van der Waals surface area (Å²) in [4.78, 5) is 16.2. The van der Waals surface area contributed by atoms with Crippen molar-refractivity contribution >= 4 is 11.9 Å². The molecule has 1 N–H and O–H groups in total. The van der Waals surface area contributed by atoms with E-state index in [0.29, 0.717) is 12.4 Å². The molecule has 5 nitrogen and oxygen atoms in total. The molecule has 0 aliphatic rings. The van der Waals surface area contributed by atoms with Crippen molar-refractivity contribution < 1.29 is 19.4 Å². The highest BCUT2D eigenvalue weighted by Crippen LogP contribution is 2.22. The third kappa shape index (κ3) is 4.84. The van der Waals surface area contributed by atoms with Crippen molar-refractivity contribution in [1.29, 1.82) is 0 Å². The summed E-state index contributed by atoms with van der Waals surface area (Å²) in [6.45, 7) is 2.62. The van der Waals surface area contributed by atoms with Crippen LogP contribution in [0.2, 0.25) is 0 Å². The zero-order valence-electron chi connectivity index (χ0n) is 13.9. The number of hydrogen-bond acceptors (Lipinski definition) is 5. The first kappa shape index (κ1) is 17.5. The largest absolute Gasteiger partial charge is 0.505 e. The van der Waals surface area contributed by atoms with Gasteiger partial charge in [0.25, 0.3) is 0 Å². The van der Waals surface area contributed by atoms with Gasteiger partial charge in [0.15, 0.2) is 5.69 Å². The van der Waals surface area contributed by atoms with E-state index >= 15 is 0 Å². The number of ketones is 1. The van der Waals surface area contributed by atoms with E-state index in [0.717, 1.165) is 24.2 Å². The highest BCUT2D eigenvalue weighted by Gasteiger charge is 2.11. The highest BCUT2D eigenvalue weighted by molar-refractivity contribution is 6.07. The molecule has 5 heteroatoms. The van der Waals surface area contributed by atoms with Gasteiger partial charge in [0.1, 0.15) is 17.2 Å². The fourth-order valence-corrected chi connectivity index (χ4v) is 2.00. The van der Waals surface area contributed by atoms with Crippen molar-refractivity contribution in [3.05, 3.63) is 53.9 Å². The van der Waals surface area contributed by atoms with Crippen LogP contribution in [0.4, 0.5) is 0 Å². The van der Waals surface area contributed by atoms with Gasteiger partial charge in [0.05, 0.1) is 19.9 Å². The van der Waals surface area contributed by atoms with Crippen LogP contribution >= 0.6 is 0 Å². The Kier molecular flexibility index (Phi) is 6.37. The number of benzene rings is 1. The number of pyridine rings is 1. The average Bonchev–Trinajstić information content (AvgIpc) is 2.60. The number of hydrogen-bond donors (Lipinski definition) is 1. The SMILES string of the molecule is CCCCOc1cnc(C(=O)/C=C/c2ccc(OC)cc2)c(O)c1. The monoisotopic (exact) mass is 327 g/mol. The van der Waals surface area contributed by atoms with Crippen molar-refractivity contribution in [2.45, 2.75) is 19.8 Å². The number of nitrogens with zero attached hydrogens (tertiary/aromatic N) is 1. The number of ether oxygens (including phenoxy) is 2. The van der Waals surface area contributed by atoms with Crippen LogP contribution in [0.25, 0.3) is 6.08 Å². The minimum absolute atomic E-state index is 0.00241. The second kappa shape index (κ2) is 8.72. The maximum absolute atomic E-state index is 12.2. The van der Waals surface area contributed by atoms with E-state index in [2.05, 4.69) is 11.9 Å². The molecule has 0 saturated heterocycles. The highest BCUT2D eigenvalue weighted by atomic mass is 16.5. The van der Waals surface area contributed by atoms with Gasteiger partial charge in [-0.25, -0.2) is 4.98 Å². The average molecular weight is 327 g/mol. The third-order valence-electron chi connectivity index (χ3n) is 3.39. The first-order chi connectivity index (χ1) is 11.6. The van der Waals surface area contributed by atoms with Gasteiger partial charge in [0, 0.05) is 6.07 Å². The molecule has 0 amide bonds. The molecule has 0 aliphatic heterocycles. The molecular weight excluding hydrogens is 306 g/mol. The van der Waals surface area contributed by atoms with Gasteiger partial charge >= 0.3 is 0 Å². The number of rotatable bonds is 8. The van der Waals surface area contributed by atoms with E-state index in [-0.39, 0.29) is 17.2 Å². The summed E-state index contributed by atoms with van der Waals surface area (Å²) in [5.74, 6) is 0.643. The quantitative estimate of drug-likeness (QED) is 0.453. The molecule has 24 heavy (non-hydrogen) atoms. The molecule has 1 aromatic carbocycles. The lowest BCUT2D eigenvalue weighted by Gasteiger charge is -2.06. The molecule has 0 radical (unpaired) electrons. The number of carbonyl (C=O) groups excluding carboxylic acids is 1. The van der Waals surface area contributed by atoms with Gasteiger partial charge in [-0.2, -0.15) is 0 Å². The summed E-state index contributed by atoms with van der Waals surface area (Å²) in [7, 11) is 1.60. The third-order valence-corrected chi connectivity index (χ3v) is 3.39. The number of carbonyl (C=O) groups is 1. The van der Waals surface area contributed by atoms with Crippen LogP contribution in [0.15, 0.2) is 42.6 Å². The Morgan fingerprint density at radius 2 is 2.00 bits per heavy atom. The van der Waals surface area contributed by atoms with Gasteiger partial charge in [-0.15, -0.1) is 0 Å².